The number of rotatable bonds is 5. The number of hydrogen-bond acceptors (Lipinski definition) is 4. The monoisotopic (exact) mass is 410 g/mol. The Balaban J connectivity index is 1.44. The fraction of sp³-hybridized carbons (Fsp3) is 0.200. The minimum absolute atomic E-state index is 0.475. The van der Waals surface area contributed by atoms with Crippen LogP contribution in [0.4, 0.5) is 5.82 Å². The third kappa shape index (κ3) is 3.78. The first-order chi connectivity index (χ1) is 15.0. The van der Waals surface area contributed by atoms with Gasteiger partial charge in [0.25, 0.3) is 0 Å². The molecule has 0 saturated heterocycles. The highest BCUT2D eigenvalue weighted by Crippen LogP contribution is 2.30. The first-order valence-corrected chi connectivity index (χ1v) is 10.4. The van der Waals surface area contributed by atoms with Crippen LogP contribution >= 0.6 is 0 Å². The van der Waals surface area contributed by atoms with Crippen LogP contribution in [-0.4, -0.2) is 31.9 Å². The van der Waals surface area contributed by atoms with E-state index in [1.54, 1.807) is 0 Å². The molecule has 0 aliphatic rings. The van der Waals surface area contributed by atoms with E-state index in [-0.39, 0.29) is 0 Å². The summed E-state index contributed by atoms with van der Waals surface area (Å²) in [5, 5.41) is 1.17. The summed E-state index contributed by atoms with van der Waals surface area (Å²) in [7, 11) is 2.16. The van der Waals surface area contributed by atoms with Gasteiger partial charge < -0.3 is 15.7 Å². The maximum absolute atomic E-state index is 6.04. The summed E-state index contributed by atoms with van der Waals surface area (Å²) in [4.78, 5) is 18.0. The van der Waals surface area contributed by atoms with Crippen molar-refractivity contribution in [3.05, 3.63) is 77.1 Å². The normalized spacial score (nSPS) is 11.7. The van der Waals surface area contributed by atoms with Crippen molar-refractivity contribution >= 4 is 27.9 Å². The molecule has 5 rings (SSSR count). The molecule has 6 nitrogen and oxygen atoms in total. The zero-order valence-corrected chi connectivity index (χ0v) is 18.0. The maximum Gasteiger partial charge on any atom is 0.160 e. The summed E-state index contributed by atoms with van der Waals surface area (Å²) in [6, 6.07) is 19.2. The van der Waals surface area contributed by atoms with E-state index >= 15 is 0 Å². The first kappa shape index (κ1) is 19.3. The van der Waals surface area contributed by atoms with Crippen LogP contribution in [0.5, 0.6) is 0 Å². The fourth-order valence-electron chi connectivity index (χ4n) is 4.20. The van der Waals surface area contributed by atoms with Crippen molar-refractivity contribution in [3.63, 3.8) is 0 Å². The number of nitrogens with zero attached hydrogens (tertiary/aromatic N) is 3. The predicted octanol–water partition coefficient (Wildman–Crippen LogP) is 4.94. The zero-order chi connectivity index (χ0) is 21.5. The van der Waals surface area contributed by atoms with Gasteiger partial charge in [0, 0.05) is 35.2 Å². The number of pyridine rings is 1. The number of aromatic nitrogens is 4. The van der Waals surface area contributed by atoms with Gasteiger partial charge in [0.15, 0.2) is 5.65 Å². The van der Waals surface area contributed by atoms with Crippen LogP contribution in [0.3, 0.4) is 0 Å². The van der Waals surface area contributed by atoms with Gasteiger partial charge in [-0.1, -0.05) is 30.3 Å². The fourth-order valence-corrected chi connectivity index (χ4v) is 4.20. The van der Waals surface area contributed by atoms with E-state index in [0.717, 1.165) is 41.2 Å². The molecule has 2 aromatic carbocycles. The molecule has 0 aliphatic carbocycles. The van der Waals surface area contributed by atoms with E-state index in [2.05, 4.69) is 87.3 Å². The Morgan fingerprint density at radius 3 is 2.61 bits per heavy atom. The van der Waals surface area contributed by atoms with Crippen LogP contribution in [0.2, 0.25) is 0 Å². The van der Waals surface area contributed by atoms with E-state index in [9.17, 15) is 0 Å². The highest BCUT2D eigenvalue weighted by Gasteiger charge is 2.13. The Morgan fingerprint density at radius 1 is 0.935 bits per heavy atom. The van der Waals surface area contributed by atoms with Crippen LogP contribution in [-0.2, 0) is 13.1 Å². The molecular weight excluding hydrogens is 384 g/mol. The lowest BCUT2D eigenvalue weighted by Crippen LogP contribution is -2.17. The number of aromatic amines is 2. The van der Waals surface area contributed by atoms with E-state index in [1.165, 1.54) is 22.1 Å². The lowest BCUT2D eigenvalue weighted by atomic mass is 10.1. The number of hydrogen-bond donors (Lipinski definition) is 3. The van der Waals surface area contributed by atoms with Crippen molar-refractivity contribution in [2.45, 2.75) is 26.9 Å². The molecule has 0 aliphatic heterocycles. The second-order valence-electron chi connectivity index (χ2n) is 8.32. The van der Waals surface area contributed by atoms with Crippen molar-refractivity contribution in [3.8, 4) is 11.3 Å². The number of H-pyrrole nitrogens is 2. The molecule has 4 N–H and O–H groups in total. The highest BCUT2D eigenvalue weighted by molar-refractivity contribution is 5.95. The number of nitrogens with two attached hydrogens (primary N) is 1. The topological polar surface area (TPSA) is 86.6 Å². The van der Waals surface area contributed by atoms with Crippen LogP contribution in [0.25, 0.3) is 33.3 Å². The standard InChI is InChI=1S/C25H26N6/c1-15-6-4-5-7-18(15)14-31(3)13-17-8-9-21-19(10-17)11-22(29-21)20-12-23(26)30-25-24(20)27-16(2)28-25/h4-12,29H,13-14H2,1-3H3,(H3,26,27,28,30). The van der Waals surface area contributed by atoms with E-state index in [0.29, 0.717) is 11.5 Å². The van der Waals surface area contributed by atoms with Crippen LogP contribution in [0, 0.1) is 13.8 Å². The van der Waals surface area contributed by atoms with Crippen molar-refractivity contribution in [1.82, 2.24) is 24.8 Å². The number of benzene rings is 2. The molecule has 156 valence electrons. The Morgan fingerprint density at radius 2 is 1.77 bits per heavy atom. The smallest absolute Gasteiger partial charge is 0.160 e. The van der Waals surface area contributed by atoms with Gasteiger partial charge in [-0.25, -0.2) is 9.97 Å². The lowest BCUT2D eigenvalue weighted by molar-refractivity contribution is 0.318. The molecule has 0 saturated carbocycles. The molecule has 6 heteroatoms. The summed E-state index contributed by atoms with van der Waals surface area (Å²) >= 11 is 0. The number of aryl methyl sites for hydroxylation is 2. The number of imidazole rings is 1. The van der Waals surface area contributed by atoms with Gasteiger partial charge in [-0.15, -0.1) is 0 Å². The predicted molar refractivity (Wildman–Crippen MR) is 127 cm³/mol. The van der Waals surface area contributed by atoms with Gasteiger partial charge >= 0.3 is 0 Å². The Kier molecular flexibility index (Phi) is 4.71. The molecule has 3 aromatic heterocycles. The minimum Gasteiger partial charge on any atom is -0.384 e. The molecule has 0 bridgehead atoms. The number of nitrogens with one attached hydrogen (secondary N) is 2. The van der Waals surface area contributed by atoms with Gasteiger partial charge in [0.2, 0.25) is 0 Å². The van der Waals surface area contributed by atoms with Crippen molar-refractivity contribution in [2.24, 2.45) is 0 Å². The van der Waals surface area contributed by atoms with E-state index in [1.807, 2.05) is 13.0 Å². The van der Waals surface area contributed by atoms with Crippen LogP contribution in [0.1, 0.15) is 22.5 Å². The number of fused-ring (bicyclic) bond motifs is 2. The van der Waals surface area contributed by atoms with Gasteiger partial charge in [-0.3, -0.25) is 4.90 Å². The molecule has 0 unspecified atom stereocenters. The Hall–Kier alpha value is -3.64. The zero-order valence-electron chi connectivity index (χ0n) is 18.0. The quantitative estimate of drug-likeness (QED) is 0.383. The number of anilines is 1. The van der Waals surface area contributed by atoms with Gasteiger partial charge in [0.1, 0.15) is 17.2 Å². The summed E-state index contributed by atoms with van der Waals surface area (Å²) < 4.78 is 0. The average Bonchev–Trinajstić information content (AvgIpc) is 3.31. The molecule has 31 heavy (non-hydrogen) atoms. The van der Waals surface area contributed by atoms with Crippen molar-refractivity contribution < 1.29 is 0 Å². The molecule has 0 radical (unpaired) electrons. The molecule has 5 aromatic rings. The third-order valence-corrected chi connectivity index (χ3v) is 5.72. The van der Waals surface area contributed by atoms with E-state index < -0.39 is 0 Å². The van der Waals surface area contributed by atoms with Gasteiger partial charge in [-0.05, 0) is 61.9 Å². The molecule has 0 amide bonds. The van der Waals surface area contributed by atoms with Crippen LogP contribution < -0.4 is 5.73 Å². The van der Waals surface area contributed by atoms with Crippen molar-refractivity contribution in [2.75, 3.05) is 12.8 Å². The largest absolute Gasteiger partial charge is 0.384 e. The Labute approximate surface area is 181 Å². The van der Waals surface area contributed by atoms with Gasteiger partial charge in [-0.2, -0.15) is 0 Å². The summed E-state index contributed by atoms with van der Waals surface area (Å²) in [5.74, 6) is 1.30. The Bertz CT molecular complexity index is 1390. The molecule has 3 heterocycles. The first-order valence-electron chi connectivity index (χ1n) is 10.4. The molecule has 0 spiro atoms. The average molecular weight is 411 g/mol. The minimum atomic E-state index is 0.475. The van der Waals surface area contributed by atoms with Crippen LogP contribution in [0.15, 0.2) is 54.6 Å². The van der Waals surface area contributed by atoms with Gasteiger partial charge in [0.05, 0.1) is 0 Å². The van der Waals surface area contributed by atoms with E-state index in [4.69, 9.17) is 5.73 Å². The molecule has 0 fully saturated rings. The maximum atomic E-state index is 6.04. The summed E-state index contributed by atoms with van der Waals surface area (Å²) in [6.45, 7) is 5.90. The molecule has 0 atom stereocenters. The van der Waals surface area contributed by atoms with Crippen molar-refractivity contribution in [1.29, 1.82) is 0 Å². The molecular formula is C25H26N6. The SMILES string of the molecule is Cc1nc2c(-c3cc4cc(CN(C)Cc5ccccc5C)ccc4[nH]3)cc(N)nc2[nH]1. The lowest BCUT2D eigenvalue weighted by Gasteiger charge is -2.18. The number of nitrogen functional groups attached to an aromatic ring is 1. The second kappa shape index (κ2) is 7.56. The summed E-state index contributed by atoms with van der Waals surface area (Å²) in [5.41, 5.74) is 14.6. The highest BCUT2D eigenvalue weighted by atomic mass is 15.1. The summed E-state index contributed by atoms with van der Waals surface area (Å²) in [6.07, 6.45) is 0. The second-order valence-corrected chi connectivity index (χ2v) is 8.32. The third-order valence-electron chi connectivity index (χ3n) is 5.72.